The zero-order valence-electron chi connectivity index (χ0n) is 12.2. The number of anilines is 1. The van der Waals surface area contributed by atoms with Gasteiger partial charge in [-0.25, -0.2) is 0 Å². The Hall–Kier alpha value is -1.22. The lowest BCUT2D eigenvalue weighted by Crippen LogP contribution is -2.31. The average Bonchev–Trinajstić information content (AvgIpc) is 2.92. The number of ether oxygens (including phenoxy) is 1. The van der Waals surface area contributed by atoms with Gasteiger partial charge in [-0.2, -0.15) is 0 Å². The molecule has 1 aromatic rings. The molecular formula is C16H26N2O. The fraction of sp³-hybridized carbons (Fsp3) is 0.625. The highest BCUT2D eigenvalue weighted by Crippen LogP contribution is 2.24. The maximum absolute atomic E-state index is 6.05. The molecule has 1 heterocycles. The number of hydrogen-bond acceptors (Lipinski definition) is 3. The average molecular weight is 262 g/mol. The highest BCUT2D eigenvalue weighted by Gasteiger charge is 2.18. The molecule has 0 saturated carbocycles. The highest BCUT2D eigenvalue weighted by atomic mass is 16.5. The van der Waals surface area contributed by atoms with Crippen LogP contribution in [0.15, 0.2) is 18.2 Å². The third-order valence-electron chi connectivity index (χ3n) is 3.83. The van der Waals surface area contributed by atoms with E-state index in [0.717, 1.165) is 30.9 Å². The number of nitrogens with two attached hydrogens (primary N) is 1. The van der Waals surface area contributed by atoms with Crippen LogP contribution in [0.4, 0.5) is 5.69 Å². The third-order valence-corrected chi connectivity index (χ3v) is 3.83. The van der Waals surface area contributed by atoms with Crippen LogP contribution in [-0.4, -0.2) is 30.6 Å². The molecule has 0 aliphatic carbocycles. The topological polar surface area (TPSA) is 38.5 Å². The van der Waals surface area contributed by atoms with Crippen molar-refractivity contribution in [3.63, 3.8) is 0 Å². The van der Waals surface area contributed by atoms with Crippen molar-refractivity contribution in [2.45, 2.75) is 45.6 Å². The molecule has 0 amide bonds. The number of likely N-dealkylation sites (tertiary alicyclic amines) is 1. The molecule has 0 spiro atoms. The van der Waals surface area contributed by atoms with E-state index in [1.807, 2.05) is 6.07 Å². The molecule has 1 unspecified atom stereocenters. The molecule has 1 atom stereocenters. The Balaban J connectivity index is 1.95. The smallest absolute Gasteiger partial charge is 0.142 e. The predicted molar refractivity (Wildman–Crippen MR) is 80.6 cm³/mol. The van der Waals surface area contributed by atoms with Gasteiger partial charge in [0.2, 0.25) is 0 Å². The summed E-state index contributed by atoms with van der Waals surface area (Å²) in [6, 6.07) is 6.83. The van der Waals surface area contributed by atoms with Crippen molar-refractivity contribution >= 4 is 5.69 Å². The lowest BCUT2D eigenvalue weighted by molar-refractivity contribution is 0.257. The van der Waals surface area contributed by atoms with Crippen LogP contribution in [0.5, 0.6) is 5.75 Å². The van der Waals surface area contributed by atoms with Crippen LogP contribution in [-0.2, 0) is 6.42 Å². The van der Waals surface area contributed by atoms with Gasteiger partial charge in [0.1, 0.15) is 5.75 Å². The fourth-order valence-corrected chi connectivity index (χ4v) is 2.72. The summed E-state index contributed by atoms with van der Waals surface area (Å²) in [5.74, 6) is 0.819. The van der Waals surface area contributed by atoms with E-state index in [2.05, 4.69) is 30.9 Å². The molecule has 1 saturated heterocycles. The summed E-state index contributed by atoms with van der Waals surface area (Å²) < 4.78 is 5.61. The number of rotatable bonds is 6. The molecule has 0 aromatic heterocycles. The number of hydrogen-bond donors (Lipinski definition) is 1. The first-order valence-electron chi connectivity index (χ1n) is 7.46. The summed E-state index contributed by atoms with van der Waals surface area (Å²) in [5.41, 5.74) is 8.12. The van der Waals surface area contributed by atoms with Gasteiger partial charge in [0, 0.05) is 6.04 Å². The minimum Gasteiger partial charge on any atom is -0.491 e. The van der Waals surface area contributed by atoms with Crippen molar-refractivity contribution < 1.29 is 4.74 Å². The summed E-state index contributed by atoms with van der Waals surface area (Å²) in [6.45, 7) is 7.63. The SMILES string of the molecule is CCCOc1ccc(CC(C)N2CCCC2)cc1N. The Bertz CT molecular complexity index is 400. The van der Waals surface area contributed by atoms with E-state index >= 15 is 0 Å². The molecule has 1 aromatic carbocycles. The van der Waals surface area contributed by atoms with Gasteiger partial charge in [-0.1, -0.05) is 13.0 Å². The fourth-order valence-electron chi connectivity index (χ4n) is 2.72. The minimum atomic E-state index is 0.601. The van der Waals surface area contributed by atoms with Crippen LogP contribution in [0.3, 0.4) is 0 Å². The number of benzene rings is 1. The second kappa shape index (κ2) is 6.80. The van der Waals surface area contributed by atoms with E-state index < -0.39 is 0 Å². The first-order valence-corrected chi connectivity index (χ1v) is 7.46. The summed E-state index contributed by atoms with van der Waals surface area (Å²) in [5, 5.41) is 0. The van der Waals surface area contributed by atoms with Crippen molar-refractivity contribution in [2.75, 3.05) is 25.4 Å². The molecule has 3 heteroatoms. The summed E-state index contributed by atoms with van der Waals surface area (Å²) in [6.07, 6.45) is 4.76. The van der Waals surface area contributed by atoms with Crippen molar-refractivity contribution in [3.05, 3.63) is 23.8 Å². The maximum atomic E-state index is 6.05. The van der Waals surface area contributed by atoms with E-state index in [1.54, 1.807) is 0 Å². The molecule has 0 radical (unpaired) electrons. The van der Waals surface area contributed by atoms with Crippen LogP contribution in [0.1, 0.15) is 38.7 Å². The molecule has 2 rings (SSSR count). The van der Waals surface area contributed by atoms with Gasteiger partial charge in [0.15, 0.2) is 0 Å². The second-order valence-electron chi connectivity index (χ2n) is 5.52. The highest BCUT2D eigenvalue weighted by molar-refractivity contribution is 5.54. The van der Waals surface area contributed by atoms with Gasteiger partial charge < -0.3 is 15.4 Å². The molecule has 3 nitrogen and oxygen atoms in total. The van der Waals surface area contributed by atoms with Crippen molar-refractivity contribution in [3.8, 4) is 5.75 Å². The van der Waals surface area contributed by atoms with Crippen molar-refractivity contribution in [1.82, 2.24) is 4.90 Å². The minimum absolute atomic E-state index is 0.601. The van der Waals surface area contributed by atoms with Crippen LogP contribution >= 0.6 is 0 Å². The zero-order valence-corrected chi connectivity index (χ0v) is 12.2. The Morgan fingerprint density at radius 3 is 2.68 bits per heavy atom. The van der Waals surface area contributed by atoms with E-state index in [1.165, 1.54) is 31.5 Å². The molecule has 2 N–H and O–H groups in total. The third kappa shape index (κ3) is 3.87. The van der Waals surface area contributed by atoms with E-state index in [4.69, 9.17) is 10.5 Å². The Morgan fingerprint density at radius 1 is 1.32 bits per heavy atom. The Labute approximate surface area is 116 Å². The molecule has 1 fully saturated rings. The lowest BCUT2D eigenvalue weighted by atomic mass is 10.1. The predicted octanol–water partition coefficient (Wildman–Crippen LogP) is 3.08. The first-order chi connectivity index (χ1) is 9.20. The first kappa shape index (κ1) is 14.2. The molecule has 106 valence electrons. The lowest BCUT2D eigenvalue weighted by Gasteiger charge is -2.24. The zero-order chi connectivity index (χ0) is 13.7. The van der Waals surface area contributed by atoms with Gasteiger partial charge in [0.05, 0.1) is 12.3 Å². The van der Waals surface area contributed by atoms with Gasteiger partial charge in [0.25, 0.3) is 0 Å². The Kier molecular flexibility index (Phi) is 5.08. The summed E-state index contributed by atoms with van der Waals surface area (Å²) in [7, 11) is 0. The second-order valence-corrected chi connectivity index (χ2v) is 5.52. The Morgan fingerprint density at radius 2 is 2.05 bits per heavy atom. The van der Waals surface area contributed by atoms with Gasteiger partial charge >= 0.3 is 0 Å². The largest absolute Gasteiger partial charge is 0.491 e. The van der Waals surface area contributed by atoms with Crippen LogP contribution in [0, 0.1) is 0 Å². The molecule has 19 heavy (non-hydrogen) atoms. The summed E-state index contributed by atoms with van der Waals surface area (Å²) in [4.78, 5) is 2.57. The van der Waals surface area contributed by atoms with Crippen LogP contribution < -0.4 is 10.5 Å². The van der Waals surface area contributed by atoms with Crippen LogP contribution in [0.2, 0.25) is 0 Å². The van der Waals surface area contributed by atoms with E-state index in [-0.39, 0.29) is 0 Å². The molecule has 0 bridgehead atoms. The molecule has 1 aliphatic heterocycles. The quantitative estimate of drug-likeness (QED) is 0.801. The van der Waals surface area contributed by atoms with E-state index in [9.17, 15) is 0 Å². The standard InChI is InChI=1S/C16H26N2O/c1-3-10-19-16-7-6-14(12-15(16)17)11-13(2)18-8-4-5-9-18/h6-7,12-13H,3-5,8-11,17H2,1-2H3. The normalized spacial score (nSPS) is 17.6. The van der Waals surface area contributed by atoms with E-state index in [0.29, 0.717) is 6.04 Å². The number of nitrogen functional groups attached to an aromatic ring is 1. The molecule has 1 aliphatic rings. The van der Waals surface area contributed by atoms with Gasteiger partial charge in [-0.3, -0.25) is 0 Å². The number of nitrogens with zero attached hydrogens (tertiary/aromatic N) is 1. The van der Waals surface area contributed by atoms with Crippen molar-refractivity contribution in [2.24, 2.45) is 0 Å². The van der Waals surface area contributed by atoms with Gasteiger partial charge in [-0.15, -0.1) is 0 Å². The van der Waals surface area contributed by atoms with Crippen molar-refractivity contribution in [1.29, 1.82) is 0 Å². The van der Waals surface area contributed by atoms with Crippen LogP contribution in [0.25, 0.3) is 0 Å². The maximum Gasteiger partial charge on any atom is 0.142 e. The molecular weight excluding hydrogens is 236 g/mol. The van der Waals surface area contributed by atoms with Gasteiger partial charge in [-0.05, 0) is 63.4 Å². The summed E-state index contributed by atoms with van der Waals surface area (Å²) >= 11 is 0. The monoisotopic (exact) mass is 262 g/mol.